The Hall–Kier alpha value is -1.33. The molecule has 0 spiro atoms. The third kappa shape index (κ3) is 1.85. The molecule has 1 aliphatic rings. The van der Waals surface area contributed by atoms with E-state index in [1.54, 1.807) is 12.5 Å². The van der Waals surface area contributed by atoms with Crippen LogP contribution in [0.3, 0.4) is 0 Å². The second-order valence-corrected chi connectivity index (χ2v) is 4.79. The summed E-state index contributed by atoms with van der Waals surface area (Å²) in [7, 11) is 0. The SMILES string of the molecule is NC1CCN(c2ncnc3[nH]cc(Cl)c23)CC1. The van der Waals surface area contributed by atoms with Crippen LogP contribution in [0.1, 0.15) is 12.8 Å². The van der Waals surface area contributed by atoms with Gasteiger partial charge in [-0.25, -0.2) is 9.97 Å². The van der Waals surface area contributed by atoms with Crippen molar-refractivity contribution in [3.8, 4) is 0 Å². The molecular formula is C11H14ClN5. The fourth-order valence-corrected chi connectivity index (χ4v) is 2.49. The summed E-state index contributed by atoms with van der Waals surface area (Å²) in [6.07, 6.45) is 5.31. The molecule has 0 atom stereocenters. The summed E-state index contributed by atoms with van der Waals surface area (Å²) in [6.45, 7) is 1.85. The maximum atomic E-state index is 6.16. The first-order chi connectivity index (χ1) is 8.25. The van der Waals surface area contributed by atoms with Gasteiger partial charge in [-0.2, -0.15) is 0 Å². The number of halogens is 1. The van der Waals surface area contributed by atoms with Gasteiger partial charge in [0.2, 0.25) is 0 Å². The van der Waals surface area contributed by atoms with Crippen LogP contribution in [-0.4, -0.2) is 34.1 Å². The number of nitrogens with two attached hydrogens (primary N) is 1. The molecule has 1 aliphatic heterocycles. The molecule has 3 N–H and O–H groups in total. The highest BCUT2D eigenvalue weighted by Gasteiger charge is 2.20. The molecule has 0 aromatic carbocycles. The zero-order valence-electron chi connectivity index (χ0n) is 9.36. The molecular weight excluding hydrogens is 238 g/mol. The van der Waals surface area contributed by atoms with E-state index in [9.17, 15) is 0 Å². The number of fused-ring (bicyclic) bond motifs is 1. The minimum absolute atomic E-state index is 0.310. The minimum atomic E-state index is 0.310. The topological polar surface area (TPSA) is 70.8 Å². The molecule has 1 saturated heterocycles. The molecule has 0 radical (unpaired) electrons. The summed E-state index contributed by atoms with van der Waals surface area (Å²) in [6, 6.07) is 0.310. The maximum absolute atomic E-state index is 6.16. The van der Waals surface area contributed by atoms with Crippen LogP contribution >= 0.6 is 11.6 Å². The lowest BCUT2D eigenvalue weighted by Gasteiger charge is -2.31. The van der Waals surface area contributed by atoms with E-state index in [1.165, 1.54) is 0 Å². The van der Waals surface area contributed by atoms with Crippen molar-refractivity contribution in [3.05, 3.63) is 17.5 Å². The highest BCUT2D eigenvalue weighted by Crippen LogP contribution is 2.30. The van der Waals surface area contributed by atoms with E-state index < -0.39 is 0 Å². The minimum Gasteiger partial charge on any atom is -0.356 e. The summed E-state index contributed by atoms with van der Waals surface area (Å²) in [4.78, 5) is 13.8. The van der Waals surface area contributed by atoms with E-state index in [0.29, 0.717) is 11.1 Å². The monoisotopic (exact) mass is 251 g/mol. The molecule has 0 saturated carbocycles. The van der Waals surface area contributed by atoms with Crippen molar-refractivity contribution in [2.75, 3.05) is 18.0 Å². The van der Waals surface area contributed by atoms with Gasteiger partial charge in [-0.3, -0.25) is 0 Å². The van der Waals surface area contributed by atoms with Gasteiger partial charge in [0.05, 0.1) is 10.4 Å². The molecule has 2 aromatic heterocycles. The van der Waals surface area contributed by atoms with Crippen molar-refractivity contribution in [1.29, 1.82) is 0 Å². The lowest BCUT2D eigenvalue weighted by Crippen LogP contribution is -2.40. The van der Waals surface area contributed by atoms with Crippen molar-refractivity contribution >= 4 is 28.5 Å². The predicted molar refractivity (Wildman–Crippen MR) is 68.3 cm³/mol. The summed E-state index contributed by atoms with van der Waals surface area (Å²) >= 11 is 6.16. The van der Waals surface area contributed by atoms with Crippen LogP contribution in [0, 0.1) is 0 Å². The molecule has 0 bridgehead atoms. The number of piperidine rings is 1. The Kier molecular flexibility index (Phi) is 2.64. The van der Waals surface area contributed by atoms with Gasteiger partial charge in [0, 0.05) is 25.3 Å². The first-order valence-electron chi connectivity index (χ1n) is 5.74. The lowest BCUT2D eigenvalue weighted by molar-refractivity contribution is 0.499. The number of anilines is 1. The van der Waals surface area contributed by atoms with Crippen molar-refractivity contribution in [1.82, 2.24) is 15.0 Å². The van der Waals surface area contributed by atoms with E-state index in [1.807, 2.05) is 0 Å². The number of H-pyrrole nitrogens is 1. The number of hydrogen-bond donors (Lipinski definition) is 2. The Morgan fingerprint density at radius 1 is 1.35 bits per heavy atom. The zero-order valence-corrected chi connectivity index (χ0v) is 10.1. The second-order valence-electron chi connectivity index (χ2n) is 4.38. The standard InChI is InChI=1S/C11H14ClN5/c12-8-5-14-10-9(8)11(16-6-15-10)17-3-1-7(13)2-4-17/h5-7H,1-4,13H2,(H,14,15,16). The quantitative estimate of drug-likeness (QED) is 0.807. The molecule has 1 fully saturated rings. The molecule has 17 heavy (non-hydrogen) atoms. The van der Waals surface area contributed by atoms with Gasteiger partial charge in [-0.1, -0.05) is 11.6 Å². The van der Waals surface area contributed by atoms with Crippen molar-refractivity contribution < 1.29 is 0 Å². The Bertz CT molecular complexity index is 530. The van der Waals surface area contributed by atoms with Crippen LogP contribution in [-0.2, 0) is 0 Å². The zero-order chi connectivity index (χ0) is 11.8. The van der Waals surface area contributed by atoms with Crippen LogP contribution in [0.25, 0.3) is 11.0 Å². The molecule has 2 aromatic rings. The summed E-state index contributed by atoms with van der Waals surface area (Å²) in [5, 5.41) is 1.58. The Morgan fingerprint density at radius 3 is 2.88 bits per heavy atom. The average Bonchev–Trinajstić information content (AvgIpc) is 2.73. The van der Waals surface area contributed by atoms with E-state index in [4.69, 9.17) is 17.3 Å². The number of hydrogen-bond acceptors (Lipinski definition) is 4. The highest BCUT2D eigenvalue weighted by molar-refractivity contribution is 6.36. The van der Waals surface area contributed by atoms with Crippen LogP contribution < -0.4 is 10.6 Å². The number of aromatic amines is 1. The van der Waals surface area contributed by atoms with Crippen molar-refractivity contribution in [2.24, 2.45) is 5.73 Å². The van der Waals surface area contributed by atoms with Gasteiger partial charge in [0.15, 0.2) is 0 Å². The average molecular weight is 252 g/mol. The molecule has 0 aliphatic carbocycles. The van der Waals surface area contributed by atoms with Gasteiger partial charge in [0.1, 0.15) is 17.8 Å². The van der Waals surface area contributed by atoms with Crippen LogP contribution in [0.15, 0.2) is 12.5 Å². The van der Waals surface area contributed by atoms with Crippen LogP contribution in [0.5, 0.6) is 0 Å². The highest BCUT2D eigenvalue weighted by atomic mass is 35.5. The van der Waals surface area contributed by atoms with E-state index in [-0.39, 0.29) is 0 Å². The van der Waals surface area contributed by atoms with E-state index in [0.717, 1.165) is 42.8 Å². The first kappa shape index (κ1) is 10.8. The third-order valence-electron chi connectivity index (χ3n) is 3.24. The maximum Gasteiger partial charge on any atom is 0.144 e. The predicted octanol–water partition coefficient (Wildman–Crippen LogP) is 1.54. The third-order valence-corrected chi connectivity index (χ3v) is 3.54. The van der Waals surface area contributed by atoms with Crippen molar-refractivity contribution in [3.63, 3.8) is 0 Å². The second kappa shape index (κ2) is 4.16. The van der Waals surface area contributed by atoms with Gasteiger partial charge in [-0.15, -0.1) is 0 Å². The van der Waals surface area contributed by atoms with Gasteiger partial charge >= 0.3 is 0 Å². The summed E-state index contributed by atoms with van der Waals surface area (Å²) in [5.41, 5.74) is 6.69. The molecule has 0 unspecified atom stereocenters. The number of aromatic nitrogens is 3. The fraction of sp³-hybridized carbons (Fsp3) is 0.455. The summed E-state index contributed by atoms with van der Waals surface area (Å²) in [5.74, 6) is 0.910. The number of nitrogens with one attached hydrogen (secondary N) is 1. The number of nitrogens with zero attached hydrogens (tertiary/aromatic N) is 3. The largest absolute Gasteiger partial charge is 0.356 e. The molecule has 90 valence electrons. The molecule has 3 rings (SSSR count). The van der Waals surface area contributed by atoms with E-state index in [2.05, 4.69) is 19.9 Å². The van der Waals surface area contributed by atoms with E-state index >= 15 is 0 Å². The fourth-order valence-electron chi connectivity index (χ4n) is 2.26. The normalized spacial score (nSPS) is 17.9. The lowest BCUT2D eigenvalue weighted by atomic mass is 10.1. The van der Waals surface area contributed by atoms with Gasteiger partial charge in [0.25, 0.3) is 0 Å². The smallest absolute Gasteiger partial charge is 0.144 e. The molecule has 6 heteroatoms. The van der Waals surface area contributed by atoms with Crippen LogP contribution in [0.2, 0.25) is 5.02 Å². The molecule has 0 amide bonds. The Labute approximate surface area is 104 Å². The molecule has 3 heterocycles. The Morgan fingerprint density at radius 2 is 2.12 bits per heavy atom. The number of rotatable bonds is 1. The van der Waals surface area contributed by atoms with Crippen LogP contribution in [0.4, 0.5) is 5.82 Å². The summed E-state index contributed by atoms with van der Waals surface area (Å²) < 4.78 is 0. The Balaban J connectivity index is 2.02. The van der Waals surface area contributed by atoms with Crippen molar-refractivity contribution in [2.45, 2.75) is 18.9 Å². The molecule has 5 nitrogen and oxygen atoms in total. The van der Waals surface area contributed by atoms with Gasteiger partial charge in [-0.05, 0) is 12.8 Å². The first-order valence-corrected chi connectivity index (χ1v) is 6.11. The van der Waals surface area contributed by atoms with Gasteiger partial charge < -0.3 is 15.6 Å².